The van der Waals surface area contributed by atoms with Crippen LogP contribution in [-0.2, 0) is 0 Å². The standard InChI is InChI=1S/C11H13BrF3N3/c12-9-3-1-2-8(17-9)10(11(13,14)15)18-6-4-16-5-7-18/h1-3,10,16H,4-7H2/t10-/m1/s1. The fourth-order valence-corrected chi connectivity index (χ4v) is 2.44. The van der Waals surface area contributed by atoms with Crippen molar-refractivity contribution in [1.29, 1.82) is 0 Å². The van der Waals surface area contributed by atoms with E-state index in [2.05, 4.69) is 26.2 Å². The monoisotopic (exact) mass is 323 g/mol. The quantitative estimate of drug-likeness (QED) is 0.847. The van der Waals surface area contributed by atoms with Crippen molar-refractivity contribution in [2.75, 3.05) is 26.2 Å². The zero-order valence-corrected chi connectivity index (χ0v) is 11.1. The van der Waals surface area contributed by atoms with Gasteiger partial charge in [0.25, 0.3) is 0 Å². The molecule has 1 atom stereocenters. The van der Waals surface area contributed by atoms with Crippen molar-refractivity contribution in [1.82, 2.24) is 15.2 Å². The Balaban J connectivity index is 2.30. The van der Waals surface area contributed by atoms with Gasteiger partial charge in [-0.1, -0.05) is 6.07 Å². The van der Waals surface area contributed by atoms with Crippen LogP contribution in [0.1, 0.15) is 11.7 Å². The zero-order chi connectivity index (χ0) is 13.2. The van der Waals surface area contributed by atoms with Gasteiger partial charge >= 0.3 is 6.18 Å². The van der Waals surface area contributed by atoms with Crippen LogP contribution in [0.2, 0.25) is 0 Å². The first-order chi connectivity index (χ1) is 8.48. The first kappa shape index (κ1) is 13.8. The Hall–Kier alpha value is -0.660. The van der Waals surface area contributed by atoms with E-state index in [-0.39, 0.29) is 5.69 Å². The Labute approximate surface area is 112 Å². The van der Waals surface area contributed by atoms with Crippen LogP contribution >= 0.6 is 15.9 Å². The summed E-state index contributed by atoms with van der Waals surface area (Å²) in [6.45, 7) is 1.89. The SMILES string of the molecule is FC(F)(F)[C@@H](c1cccc(Br)n1)N1CCNCC1. The molecule has 7 heteroatoms. The maximum Gasteiger partial charge on any atom is 0.409 e. The molecule has 1 aliphatic rings. The van der Waals surface area contributed by atoms with Crippen LogP contribution in [0.4, 0.5) is 13.2 Å². The van der Waals surface area contributed by atoms with Gasteiger partial charge in [0, 0.05) is 26.2 Å². The maximum absolute atomic E-state index is 13.2. The fraction of sp³-hybridized carbons (Fsp3) is 0.545. The summed E-state index contributed by atoms with van der Waals surface area (Å²) in [7, 11) is 0. The highest BCUT2D eigenvalue weighted by Gasteiger charge is 2.45. The number of nitrogens with one attached hydrogen (secondary N) is 1. The van der Waals surface area contributed by atoms with Crippen molar-refractivity contribution >= 4 is 15.9 Å². The summed E-state index contributed by atoms with van der Waals surface area (Å²) < 4.78 is 40.0. The summed E-state index contributed by atoms with van der Waals surface area (Å²) in [5.41, 5.74) is 0.0405. The predicted molar refractivity (Wildman–Crippen MR) is 65.2 cm³/mol. The van der Waals surface area contributed by atoms with Crippen molar-refractivity contribution in [3.63, 3.8) is 0 Å². The van der Waals surface area contributed by atoms with Crippen molar-refractivity contribution in [2.24, 2.45) is 0 Å². The summed E-state index contributed by atoms with van der Waals surface area (Å²) in [5.74, 6) is 0. The average Bonchev–Trinajstić information content (AvgIpc) is 2.28. The van der Waals surface area contributed by atoms with Gasteiger partial charge in [-0.2, -0.15) is 13.2 Å². The zero-order valence-electron chi connectivity index (χ0n) is 9.54. The molecule has 100 valence electrons. The van der Waals surface area contributed by atoms with Crippen molar-refractivity contribution < 1.29 is 13.2 Å². The first-order valence-corrected chi connectivity index (χ1v) is 6.42. The van der Waals surface area contributed by atoms with Crippen LogP contribution in [0, 0.1) is 0 Å². The van der Waals surface area contributed by atoms with Crippen molar-refractivity contribution in [3.05, 3.63) is 28.5 Å². The highest BCUT2D eigenvalue weighted by atomic mass is 79.9. The lowest BCUT2D eigenvalue weighted by atomic mass is 10.1. The van der Waals surface area contributed by atoms with Crippen molar-refractivity contribution in [3.8, 4) is 0 Å². The van der Waals surface area contributed by atoms with Gasteiger partial charge in [-0.3, -0.25) is 4.90 Å². The molecule has 1 N–H and O–H groups in total. The largest absolute Gasteiger partial charge is 0.409 e. The number of alkyl halides is 3. The molecule has 0 radical (unpaired) electrons. The lowest BCUT2D eigenvalue weighted by Gasteiger charge is -2.35. The summed E-state index contributed by atoms with van der Waals surface area (Å²) in [6.07, 6.45) is -4.31. The summed E-state index contributed by atoms with van der Waals surface area (Å²) in [5, 5.41) is 3.05. The molecular weight excluding hydrogens is 311 g/mol. The van der Waals surface area contributed by atoms with E-state index in [9.17, 15) is 13.2 Å². The van der Waals surface area contributed by atoms with Gasteiger partial charge in [0.15, 0.2) is 0 Å². The average molecular weight is 324 g/mol. The van der Waals surface area contributed by atoms with E-state index < -0.39 is 12.2 Å². The van der Waals surface area contributed by atoms with E-state index in [1.54, 1.807) is 12.1 Å². The van der Waals surface area contributed by atoms with Gasteiger partial charge in [0.05, 0.1) is 5.69 Å². The number of nitrogens with zero attached hydrogens (tertiary/aromatic N) is 2. The fourth-order valence-electron chi connectivity index (χ4n) is 2.08. The minimum Gasteiger partial charge on any atom is -0.314 e. The number of halogens is 4. The lowest BCUT2D eigenvalue weighted by molar-refractivity contribution is -0.188. The van der Waals surface area contributed by atoms with Crippen LogP contribution in [0.3, 0.4) is 0 Å². The minimum absolute atomic E-state index is 0.0405. The normalized spacial score (nSPS) is 19.8. The van der Waals surface area contributed by atoms with Gasteiger partial charge in [-0.05, 0) is 28.1 Å². The molecule has 0 saturated carbocycles. The molecule has 1 aliphatic heterocycles. The highest BCUT2D eigenvalue weighted by molar-refractivity contribution is 9.10. The third kappa shape index (κ3) is 3.21. The topological polar surface area (TPSA) is 28.2 Å². The van der Waals surface area contributed by atoms with E-state index in [0.29, 0.717) is 30.8 Å². The van der Waals surface area contributed by atoms with Crippen LogP contribution in [0.5, 0.6) is 0 Å². The molecule has 3 nitrogen and oxygen atoms in total. The second kappa shape index (κ2) is 5.54. The molecule has 18 heavy (non-hydrogen) atoms. The molecule has 1 saturated heterocycles. The molecule has 0 unspecified atom stereocenters. The third-order valence-corrected chi connectivity index (χ3v) is 3.29. The van der Waals surface area contributed by atoms with Gasteiger partial charge in [0.2, 0.25) is 0 Å². The maximum atomic E-state index is 13.2. The van der Waals surface area contributed by atoms with Gasteiger partial charge in [-0.25, -0.2) is 4.98 Å². The van der Waals surface area contributed by atoms with Crippen molar-refractivity contribution in [2.45, 2.75) is 12.2 Å². The molecule has 0 bridgehead atoms. The van der Waals surface area contributed by atoms with Crippen LogP contribution < -0.4 is 5.32 Å². The van der Waals surface area contributed by atoms with E-state index in [0.717, 1.165) is 0 Å². The Morgan fingerprint density at radius 3 is 2.50 bits per heavy atom. The molecule has 1 aromatic rings. The molecule has 2 heterocycles. The molecule has 1 aromatic heterocycles. The minimum atomic E-state index is -4.31. The van der Waals surface area contributed by atoms with Gasteiger partial charge in [0.1, 0.15) is 10.6 Å². The Morgan fingerprint density at radius 1 is 1.28 bits per heavy atom. The Bertz CT molecular complexity index is 405. The van der Waals surface area contributed by atoms with Gasteiger partial charge in [-0.15, -0.1) is 0 Å². The molecule has 1 fully saturated rings. The molecular formula is C11H13BrF3N3. The summed E-state index contributed by atoms with van der Waals surface area (Å²) in [6, 6.07) is 2.99. The van der Waals surface area contributed by atoms with E-state index >= 15 is 0 Å². The van der Waals surface area contributed by atoms with E-state index in [1.807, 2.05) is 0 Å². The number of aromatic nitrogens is 1. The molecule has 0 aromatic carbocycles. The lowest BCUT2D eigenvalue weighted by Crippen LogP contribution is -2.49. The molecule has 0 aliphatic carbocycles. The van der Waals surface area contributed by atoms with E-state index in [4.69, 9.17) is 0 Å². The number of pyridine rings is 1. The van der Waals surface area contributed by atoms with Crippen LogP contribution in [0.25, 0.3) is 0 Å². The summed E-state index contributed by atoms with van der Waals surface area (Å²) >= 11 is 3.11. The second-order valence-electron chi connectivity index (χ2n) is 4.12. The molecule has 2 rings (SSSR count). The predicted octanol–water partition coefficient (Wildman–Crippen LogP) is 2.35. The Morgan fingerprint density at radius 2 is 1.94 bits per heavy atom. The number of piperazine rings is 1. The second-order valence-corrected chi connectivity index (χ2v) is 4.93. The number of hydrogen-bond acceptors (Lipinski definition) is 3. The van der Waals surface area contributed by atoms with Crippen LogP contribution in [0.15, 0.2) is 22.8 Å². The van der Waals surface area contributed by atoms with E-state index in [1.165, 1.54) is 11.0 Å². The number of rotatable bonds is 2. The number of hydrogen-bond donors (Lipinski definition) is 1. The highest BCUT2D eigenvalue weighted by Crippen LogP contribution is 2.37. The summed E-state index contributed by atoms with van der Waals surface area (Å²) in [4.78, 5) is 5.37. The molecule has 0 amide bonds. The van der Waals surface area contributed by atoms with Gasteiger partial charge < -0.3 is 5.32 Å². The third-order valence-electron chi connectivity index (χ3n) is 2.84. The Kier molecular flexibility index (Phi) is 4.24. The smallest absolute Gasteiger partial charge is 0.314 e. The first-order valence-electron chi connectivity index (χ1n) is 5.62. The molecule has 0 spiro atoms. The van der Waals surface area contributed by atoms with Crippen LogP contribution in [-0.4, -0.2) is 42.2 Å².